The molecule has 0 spiro atoms. The minimum absolute atomic E-state index is 0.130. The summed E-state index contributed by atoms with van der Waals surface area (Å²) in [6, 6.07) is 14.3. The molecule has 31 heavy (non-hydrogen) atoms. The fraction of sp³-hybridized carbons (Fsp3) is 0.480. The van der Waals surface area contributed by atoms with Crippen LogP contribution in [0.1, 0.15) is 31.4 Å². The summed E-state index contributed by atoms with van der Waals surface area (Å²) in [7, 11) is 8.56. The van der Waals surface area contributed by atoms with E-state index in [1.165, 1.54) is 0 Å². The summed E-state index contributed by atoms with van der Waals surface area (Å²) < 4.78 is 21.6. The number of methoxy groups -OCH3 is 4. The third kappa shape index (κ3) is 5.42. The number of nitrogens with zero attached hydrogens (tertiary/aromatic N) is 2. The van der Waals surface area contributed by atoms with Gasteiger partial charge in [0.05, 0.1) is 39.9 Å². The summed E-state index contributed by atoms with van der Waals surface area (Å²) in [5.74, 6) is 2.86. The van der Waals surface area contributed by atoms with Gasteiger partial charge in [-0.1, -0.05) is 26.0 Å². The van der Waals surface area contributed by atoms with Gasteiger partial charge in [-0.2, -0.15) is 5.26 Å². The van der Waals surface area contributed by atoms with E-state index in [2.05, 4.69) is 31.9 Å². The van der Waals surface area contributed by atoms with E-state index in [0.717, 1.165) is 24.2 Å². The van der Waals surface area contributed by atoms with Crippen LogP contribution in [-0.2, 0) is 12.0 Å². The van der Waals surface area contributed by atoms with Crippen LogP contribution in [0.15, 0.2) is 36.4 Å². The molecule has 2 rings (SSSR count). The van der Waals surface area contributed by atoms with Gasteiger partial charge in [0.25, 0.3) is 0 Å². The minimum atomic E-state index is -0.634. The Kier molecular flexibility index (Phi) is 8.58. The van der Waals surface area contributed by atoms with Crippen LogP contribution >= 0.6 is 0 Å². The van der Waals surface area contributed by atoms with E-state index < -0.39 is 5.41 Å². The van der Waals surface area contributed by atoms with Crippen LogP contribution in [0, 0.1) is 17.2 Å². The molecule has 0 saturated carbocycles. The Morgan fingerprint density at radius 2 is 1.42 bits per heavy atom. The summed E-state index contributed by atoms with van der Waals surface area (Å²) >= 11 is 0. The molecule has 0 aliphatic carbocycles. The van der Waals surface area contributed by atoms with Crippen molar-refractivity contribution >= 4 is 0 Å². The molecule has 1 unspecified atom stereocenters. The SMILES string of the molecule is COc1ccc(CN(C)CCC(C#N)(c2ccc(OC)c(OC)c2)C(C)C)cc1OC. The van der Waals surface area contributed by atoms with Crippen molar-refractivity contribution in [3.63, 3.8) is 0 Å². The lowest BCUT2D eigenvalue weighted by Gasteiger charge is -2.33. The van der Waals surface area contributed by atoms with Crippen molar-refractivity contribution in [2.45, 2.75) is 32.2 Å². The highest BCUT2D eigenvalue weighted by Gasteiger charge is 2.36. The molecule has 0 aliphatic heterocycles. The van der Waals surface area contributed by atoms with Gasteiger partial charge < -0.3 is 23.8 Å². The average molecular weight is 427 g/mol. The zero-order valence-electron chi connectivity index (χ0n) is 19.7. The molecule has 0 saturated heterocycles. The molecule has 0 fully saturated rings. The molecule has 6 nitrogen and oxygen atoms in total. The quantitative estimate of drug-likeness (QED) is 0.521. The van der Waals surface area contributed by atoms with Gasteiger partial charge in [0.1, 0.15) is 0 Å². The molecule has 0 aromatic heterocycles. The molecule has 6 heteroatoms. The van der Waals surface area contributed by atoms with Gasteiger partial charge >= 0.3 is 0 Å². The number of ether oxygens (including phenoxy) is 4. The Hall–Kier alpha value is -2.91. The van der Waals surface area contributed by atoms with Gasteiger partial charge in [0.2, 0.25) is 0 Å². The van der Waals surface area contributed by atoms with Crippen molar-refractivity contribution in [1.29, 1.82) is 5.26 Å². The van der Waals surface area contributed by atoms with Crippen LogP contribution in [0.3, 0.4) is 0 Å². The van der Waals surface area contributed by atoms with Crippen LogP contribution in [0.4, 0.5) is 0 Å². The average Bonchev–Trinajstić information content (AvgIpc) is 2.79. The first-order valence-corrected chi connectivity index (χ1v) is 10.4. The highest BCUT2D eigenvalue weighted by molar-refractivity contribution is 5.47. The van der Waals surface area contributed by atoms with Crippen LogP contribution in [0.25, 0.3) is 0 Å². The second-order valence-corrected chi connectivity index (χ2v) is 7.98. The lowest BCUT2D eigenvalue weighted by molar-refractivity contribution is 0.264. The zero-order valence-corrected chi connectivity index (χ0v) is 19.7. The molecule has 0 heterocycles. The fourth-order valence-corrected chi connectivity index (χ4v) is 3.87. The smallest absolute Gasteiger partial charge is 0.161 e. The molecule has 0 N–H and O–H groups in total. The predicted octanol–water partition coefficient (Wildman–Crippen LogP) is 4.66. The minimum Gasteiger partial charge on any atom is -0.493 e. The summed E-state index contributed by atoms with van der Waals surface area (Å²) in [4.78, 5) is 2.22. The lowest BCUT2D eigenvalue weighted by atomic mass is 9.70. The van der Waals surface area contributed by atoms with Gasteiger partial charge in [-0.05, 0) is 54.8 Å². The Labute approximate surface area is 186 Å². The van der Waals surface area contributed by atoms with Crippen molar-refractivity contribution in [1.82, 2.24) is 4.90 Å². The number of hydrogen-bond donors (Lipinski definition) is 0. The topological polar surface area (TPSA) is 64.0 Å². The molecule has 168 valence electrons. The Morgan fingerprint density at radius 3 is 1.94 bits per heavy atom. The van der Waals surface area contributed by atoms with Crippen LogP contribution in [0.2, 0.25) is 0 Å². The third-order valence-electron chi connectivity index (χ3n) is 5.87. The first-order chi connectivity index (χ1) is 14.8. The van der Waals surface area contributed by atoms with Gasteiger partial charge in [-0.15, -0.1) is 0 Å². The summed E-state index contributed by atoms with van der Waals surface area (Å²) in [5, 5.41) is 10.2. The van der Waals surface area contributed by atoms with E-state index in [9.17, 15) is 5.26 Å². The van der Waals surface area contributed by atoms with Gasteiger partial charge in [0.15, 0.2) is 23.0 Å². The Balaban J connectivity index is 2.21. The molecule has 0 radical (unpaired) electrons. The molecule has 2 aromatic rings. The second kappa shape index (κ2) is 10.9. The maximum Gasteiger partial charge on any atom is 0.161 e. The van der Waals surface area contributed by atoms with Gasteiger partial charge in [-0.25, -0.2) is 0 Å². The maximum atomic E-state index is 10.2. The number of rotatable bonds is 11. The molecule has 0 aliphatic rings. The van der Waals surface area contributed by atoms with E-state index in [1.807, 2.05) is 36.4 Å². The Bertz CT molecular complexity index is 907. The van der Waals surface area contributed by atoms with Gasteiger partial charge in [-0.3, -0.25) is 0 Å². The first-order valence-electron chi connectivity index (χ1n) is 10.4. The summed E-state index contributed by atoms with van der Waals surface area (Å²) in [6.45, 7) is 5.68. The zero-order chi connectivity index (χ0) is 23.0. The fourth-order valence-electron chi connectivity index (χ4n) is 3.87. The van der Waals surface area contributed by atoms with Crippen molar-refractivity contribution in [2.75, 3.05) is 42.0 Å². The molecule has 2 aromatic carbocycles. The first kappa shape index (κ1) is 24.4. The summed E-state index contributed by atoms with van der Waals surface area (Å²) in [5.41, 5.74) is 1.44. The summed E-state index contributed by atoms with van der Waals surface area (Å²) in [6.07, 6.45) is 0.695. The molecule has 1 atom stereocenters. The molecule has 0 bridgehead atoms. The third-order valence-corrected chi connectivity index (χ3v) is 5.87. The largest absolute Gasteiger partial charge is 0.493 e. The normalized spacial score (nSPS) is 12.9. The molecular formula is C25H34N2O4. The maximum absolute atomic E-state index is 10.2. The Morgan fingerprint density at radius 1 is 0.871 bits per heavy atom. The van der Waals surface area contributed by atoms with E-state index in [1.54, 1.807) is 28.4 Å². The molecule has 0 amide bonds. The van der Waals surface area contributed by atoms with Crippen molar-refractivity contribution < 1.29 is 18.9 Å². The molecular weight excluding hydrogens is 392 g/mol. The number of hydrogen-bond acceptors (Lipinski definition) is 6. The predicted molar refractivity (Wildman–Crippen MR) is 122 cm³/mol. The lowest BCUT2D eigenvalue weighted by Crippen LogP contribution is -2.35. The van der Waals surface area contributed by atoms with Crippen LogP contribution in [-0.4, -0.2) is 46.9 Å². The van der Waals surface area contributed by atoms with Gasteiger partial charge in [0, 0.05) is 13.1 Å². The van der Waals surface area contributed by atoms with Crippen LogP contribution in [0.5, 0.6) is 23.0 Å². The van der Waals surface area contributed by atoms with Crippen molar-refractivity contribution in [3.8, 4) is 29.1 Å². The van der Waals surface area contributed by atoms with E-state index in [0.29, 0.717) is 29.4 Å². The number of nitriles is 1. The van der Waals surface area contributed by atoms with E-state index >= 15 is 0 Å². The van der Waals surface area contributed by atoms with Crippen LogP contribution < -0.4 is 18.9 Å². The standard InChI is InChI=1S/C25H34N2O4/c1-18(2)25(17-26,20-9-11-22(29-5)24(15-20)31-7)12-13-27(3)16-19-8-10-21(28-4)23(14-19)30-6/h8-11,14-15,18H,12-13,16H2,1-7H3. The number of benzene rings is 2. The monoisotopic (exact) mass is 426 g/mol. The van der Waals surface area contributed by atoms with Crippen molar-refractivity contribution in [3.05, 3.63) is 47.5 Å². The highest BCUT2D eigenvalue weighted by atomic mass is 16.5. The van der Waals surface area contributed by atoms with Crippen molar-refractivity contribution in [2.24, 2.45) is 5.92 Å². The second-order valence-electron chi connectivity index (χ2n) is 7.98. The van der Waals surface area contributed by atoms with E-state index in [-0.39, 0.29) is 5.92 Å². The highest BCUT2D eigenvalue weighted by Crippen LogP contribution is 2.40. The van der Waals surface area contributed by atoms with E-state index in [4.69, 9.17) is 18.9 Å².